The van der Waals surface area contributed by atoms with Gasteiger partial charge in [0.1, 0.15) is 24.6 Å². The lowest BCUT2D eigenvalue weighted by Gasteiger charge is -2.25. The molecule has 9 heteroatoms. The second kappa shape index (κ2) is 11.5. The zero-order valence-corrected chi connectivity index (χ0v) is 23.3. The van der Waals surface area contributed by atoms with E-state index in [1.165, 1.54) is 12.1 Å². The summed E-state index contributed by atoms with van der Waals surface area (Å²) in [6.45, 7) is 5.92. The van der Waals surface area contributed by atoms with Gasteiger partial charge in [-0.1, -0.05) is 48.5 Å². The smallest absolute Gasteiger partial charge is 0.410 e. The Labute approximate surface area is 239 Å². The molecule has 1 aliphatic carbocycles. The van der Waals surface area contributed by atoms with Crippen molar-refractivity contribution in [1.82, 2.24) is 10.2 Å². The number of aromatic carboxylic acids is 1. The number of ether oxygens (including phenoxy) is 3. The fraction of sp³-hybridized carbons (Fsp3) is 0.344. The maximum Gasteiger partial charge on any atom is 0.410 e. The molecule has 0 spiro atoms. The first-order chi connectivity index (χ1) is 19.6. The molecule has 2 amide bonds. The number of carboxylic acids is 1. The van der Waals surface area contributed by atoms with E-state index in [0.717, 1.165) is 22.3 Å². The summed E-state index contributed by atoms with van der Waals surface area (Å²) in [6, 6.07) is 21.6. The molecule has 0 bridgehead atoms. The molecule has 214 valence electrons. The third kappa shape index (κ3) is 6.45. The van der Waals surface area contributed by atoms with Crippen molar-refractivity contribution in [3.8, 4) is 16.9 Å². The number of carbonyl (C=O) groups is 3. The molecule has 0 radical (unpaired) electrons. The number of hydrogen-bond acceptors (Lipinski definition) is 6. The van der Waals surface area contributed by atoms with Gasteiger partial charge >= 0.3 is 18.2 Å². The summed E-state index contributed by atoms with van der Waals surface area (Å²) in [5.41, 5.74) is 4.04. The Balaban J connectivity index is 1.28. The third-order valence-corrected chi connectivity index (χ3v) is 7.25. The molecule has 1 fully saturated rings. The van der Waals surface area contributed by atoms with Crippen LogP contribution in [0, 0.1) is 0 Å². The highest BCUT2D eigenvalue weighted by atomic mass is 16.6. The standard InChI is InChI=1S/C32H34N2O7/c1-32(2,3)41-30(37)33-21-16-22(18-39-23-14-12-20(13-15-23)29(35)36)34(17-21)31(38)40-19-28-26-10-6-4-8-24(26)25-9-5-7-11-27(25)28/h4-15,21-22,28H,16-19H2,1-3H3,(H,33,37)(H,35,36)/t21-,22+/m1/s1. The average Bonchev–Trinajstić information content (AvgIpc) is 3.48. The van der Waals surface area contributed by atoms with Crippen molar-refractivity contribution >= 4 is 18.2 Å². The monoisotopic (exact) mass is 558 g/mol. The van der Waals surface area contributed by atoms with E-state index < -0.39 is 23.8 Å². The average molecular weight is 559 g/mol. The fourth-order valence-electron chi connectivity index (χ4n) is 5.44. The molecule has 3 aromatic rings. The van der Waals surface area contributed by atoms with Crippen LogP contribution in [0.2, 0.25) is 0 Å². The molecular formula is C32H34N2O7. The van der Waals surface area contributed by atoms with E-state index >= 15 is 0 Å². The zero-order chi connectivity index (χ0) is 29.1. The van der Waals surface area contributed by atoms with E-state index in [0.29, 0.717) is 12.2 Å². The predicted octanol–water partition coefficient (Wildman–Crippen LogP) is 5.68. The zero-order valence-electron chi connectivity index (χ0n) is 23.3. The van der Waals surface area contributed by atoms with Crippen molar-refractivity contribution < 1.29 is 33.7 Å². The number of nitrogens with one attached hydrogen (secondary N) is 1. The number of nitrogens with zero attached hydrogens (tertiary/aromatic N) is 1. The highest BCUT2D eigenvalue weighted by molar-refractivity contribution is 5.87. The molecule has 0 unspecified atom stereocenters. The van der Waals surface area contributed by atoms with Gasteiger partial charge in [0.25, 0.3) is 0 Å². The maximum atomic E-state index is 13.5. The lowest BCUT2D eigenvalue weighted by atomic mass is 9.98. The Bertz CT molecular complexity index is 1380. The molecule has 0 saturated carbocycles. The quantitative estimate of drug-likeness (QED) is 0.383. The second-order valence-corrected chi connectivity index (χ2v) is 11.3. The summed E-state index contributed by atoms with van der Waals surface area (Å²) in [6.07, 6.45) is -0.604. The molecule has 9 nitrogen and oxygen atoms in total. The van der Waals surface area contributed by atoms with Gasteiger partial charge in [-0.05, 0) is 73.7 Å². The molecule has 5 rings (SSSR count). The first kappa shape index (κ1) is 28.0. The molecule has 1 aliphatic heterocycles. The van der Waals surface area contributed by atoms with Gasteiger partial charge in [0.2, 0.25) is 0 Å². The molecule has 3 aromatic carbocycles. The Kier molecular flexibility index (Phi) is 7.88. The van der Waals surface area contributed by atoms with Gasteiger partial charge in [-0.15, -0.1) is 0 Å². The van der Waals surface area contributed by atoms with Crippen LogP contribution < -0.4 is 10.1 Å². The third-order valence-electron chi connectivity index (χ3n) is 7.25. The van der Waals surface area contributed by atoms with Crippen LogP contribution >= 0.6 is 0 Å². The predicted molar refractivity (Wildman–Crippen MR) is 152 cm³/mol. The normalized spacial score (nSPS) is 17.9. The summed E-state index contributed by atoms with van der Waals surface area (Å²) >= 11 is 0. The van der Waals surface area contributed by atoms with Gasteiger partial charge in [-0.3, -0.25) is 4.90 Å². The molecule has 1 heterocycles. The summed E-state index contributed by atoms with van der Waals surface area (Å²) in [5.74, 6) is -0.622. The summed E-state index contributed by atoms with van der Waals surface area (Å²) in [4.78, 5) is 38.7. The summed E-state index contributed by atoms with van der Waals surface area (Å²) in [5, 5.41) is 12.0. The molecule has 1 saturated heterocycles. The number of amides is 2. The number of benzene rings is 3. The minimum Gasteiger partial charge on any atom is -0.491 e. The second-order valence-electron chi connectivity index (χ2n) is 11.3. The lowest BCUT2D eigenvalue weighted by molar-refractivity contribution is 0.0502. The van der Waals surface area contributed by atoms with E-state index in [4.69, 9.17) is 19.3 Å². The molecule has 2 aliphatic rings. The van der Waals surface area contributed by atoms with Crippen LogP contribution in [0.15, 0.2) is 72.8 Å². The van der Waals surface area contributed by atoms with Crippen molar-refractivity contribution in [2.45, 2.75) is 50.8 Å². The van der Waals surface area contributed by atoms with Crippen LogP contribution in [0.1, 0.15) is 54.6 Å². The number of carboxylic acid groups (broad SMARTS) is 1. The van der Waals surface area contributed by atoms with Gasteiger partial charge in [0.05, 0.1) is 17.6 Å². The van der Waals surface area contributed by atoms with Crippen LogP contribution in [0.5, 0.6) is 5.75 Å². The van der Waals surface area contributed by atoms with Crippen LogP contribution in [0.25, 0.3) is 11.1 Å². The fourth-order valence-corrected chi connectivity index (χ4v) is 5.44. The molecule has 2 N–H and O–H groups in total. The van der Waals surface area contributed by atoms with E-state index in [1.807, 2.05) is 24.3 Å². The van der Waals surface area contributed by atoms with Crippen molar-refractivity contribution in [3.63, 3.8) is 0 Å². The molecule has 0 aromatic heterocycles. The number of fused-ring (bicyclic) bond motifs is 3. The number of alkyl carbamates (subject to hydrolysis) is 1. The van der Waals surface area contributed by atoms with Crippen molar-refractivity contribution in [3.05, 3.63) is 89.5 Å². The van der Waals surface area contributed by atoms with Crippen LogP contribution in [-0.4, -0.2) is 65.6 Å². The van der Waals surface area contributed by atoms with Crippen molar-refractivity contribution in [2.75, 3.05) is 19.8 Å². The Morgan fingerprint density at radius 1 is 0.902 bits per heavy atom. The van der Waals surface area contributed by atoms with Crippen LogP contribution in [0.4, 0.5) is 9.59 Å². The topological polar surface area (TPSA) is 114 Å². The van der Waals surface area contributed by atoms with Crippen molar-refractivity contribution in [1.29, 1.82) is 0 Å². The van der Waals surface area contributed by atoms with Crippen molar-refractivity contribution in [2.24, 2.45) is 0 Å². The first-order valence-electron chi connectivity index (χ1n) is 13.7. The Morgan fingerprint density at radius 2 is 1.51 bits per heavy atom. The summed E-state index contributed by atoms with van der Waals surface area (Å²) < 4.78 is 17.2. The van der Waals surface area contributed by atoms with E-state index in [1.54, 1.807) is 37.8 Å². The number of rotatable bonds is 7. The van der Waals surface area contributed by atoms with E-state index in [-0.39, 0.29) is 43.3 Å². The SMILES string of the molecule is CC(C)(C)OC(=O)N[C@@H]1C[C@@H](COc2ccc(C(=O)O)cc2)N(C(=O)OCC2c3ccccc3-c3ccccc32)C1. The largest absolute Gasteiger partial charge is 0.491 e. The first-order valence-corrected chi connectivity index (χ1v) is 13.7. The van der Waals surface area contributed by atoms with Crippen LogP contribution in [-0.2, 0) is 9.47 Å². The highest BCUT2D eigenvalue weighted by Gasteiger charge is 2.39. The van der Waals surface area contributed by atoms with Gasteiger partial charge < -0.3 is 24.6 Å². The van der Waals surface area contributed by atoms with Crippen LogP contribution in [0.3, 0.4) is 0 Å². The minimum atomic E-state index is -1.02. The molecule has 41 heavy (non-hydrogen) atoms. The molecule has 2 atom stereocenters. The number of carbonyl (C=O) groups excluding carboxylic acids is 2. The number of hydrogen-bond donors (Lipinski definition) is 2. The van der Waals surface area contributed by atoms with E-state index in [9.17, 15) is 14.4 Å². The minimum absolute atomic E-state index is 0.0768. The lowest BCUT2D eigenvalue weighted by Crippen LogP contribution is -2.42. The van der Waals surface area contributed by atoms with Gasteiger partial charge in [0, 0.05) is 12.5 Å². The Hall–Kier alpha value is -4.53. The number of likely N-dealkylation sites (tertiary alicyclic amines) is 1. The van der Waals surface area contributed by atoms with Gasteiger partial charge in [0.15, 0.2) is 0 Å². The highest BCUT2D eigenvalue weighted by Crippen LogP contribution is 2.44. The van der Waals surface area contributed by atoms with Gasteiger partial charge in [-0.2, -0.15) is 0 Å². The maximum absolute atomic E-state index is 13.5. The molecular weight excluding hydrogens is 524 g/mol. The summed E-state index contributed by atoms with van der Waals surface area (Å²) in [7, 11) is 0. The van der Waals surface area contributed by atoms with Gasteiger partial charge in [-0.25, -0.2) is 14.4 Å². The Morgan fingerprint density at radius 3 is 2.10 bits per heavy atom. The van der Waals surface area contributed by atoms with E-state index in [2.05, 4.69) is 29.6 Å².